The third-order valence-electron chi connectivity index (χ3n) is 4.72. The van der Waals surface area contributed by atoms with Crippen LogP contribution < -0.4 is 10.3 Å². The Hall–Kier alpha value is -4.28. The van der Waals surface area contributed by atoms with Crippen molar-refractivity contribution >= 4 is 28.3 Å². The SMILES string of the molecule is CCOc1ccc(C(=O)OCc2nnc3n(C)c(=O)c4ccccc4n23)cc1[N+](=O)[O-]. The van der Waals surface area contributed by atoms with Crippen molar-refractivity contribution < 1.29 is 19.2 Å². The lowest BCUT2D eigenvalue weighted by Gasteiger charge is -2.09. The molecule has 0 N–H and O–H groups in total. The van der Waals surface area contributed by atoms with Gasteiger partial charge in [0, 0.05) is 13.1 Å². The van der Waals surface area contributed by atoms with Crippen molar-refractivity contribution in [2.75, 3.05) is 6.61 Å². The van der Waals surface area contributed by atoms with Gasteiger partial charge in [-0.1, -0.05) is 12.1 Å². The summed E-state index contributed by atoms with van der Waals surface area (Å²) in [5.41, 5.74) is 0.0283. The van der Waals surface area contributed by atoms with Gasteiger partial charge in [0.15, 0.2) is 18.2 Å². The van der Waals surface area contributed by atoms with Gasteiger partial charge in [-0.05, 0) is 31.2 Å². The zero-order valence-corrected chi connectivity index (χ0v) is 16.6. The van der Waals surface area contributed by atoms with Crippen LogP contribution in [0.3, 0.4) is 0 Å². The van der Waals surface area contributed by atoms with E-state index in [4.69, 9.17) is 9.47 Å². The third kappa shape index (κ3) is 3.45. The van der Waals surface area contributed by atoms with Crippen molar-refractivity contribution in [3.63, 3.8) is 0 Å². The molecule has 0 spiro atoms. The lowest BCUT2D eigenvalue weighted by atomic mass is 10.2. The Morgan fingerprint density at radius 1 is 1.19 bits per heavy atom. The second-order valence-electron chi connectivity index (χ2n) is 6.58. The van der Waals surface area contributed by atoms with Crippen LogP contribution in [-0.4, -0.2) is 36.7 Å². The van der Waals surface area contributed by atoms with Gasteiger partial charge in [0.05, 0.1) is 28.0 Å². The molecule has 0 radical (unpaired) electrons. The standard InChI is InChI=1S/C20H17N5O6/c1-3-30-16-9-8-12(10-15(16)25(28)29)19(27)31-11-17-21-22-20-23(2)18(26)13-6-4-5-7-14(13)24(17)20/h4-10H,3,11H2,1-2H3. The summed E-state index contributed by atoms with van der Waals surface area (Å²) in [6.45, 7) is 1.71. The molecular weight excluding hydrogens is 406 g/mol. The lowest BCUT2D eigenvalue weighted by molar-refractivity contribution is -0.385. The summed E-state index contributed by atoms with van der Waals surface area (Å²) in [5.74, 6) is -0.0982. The zero-order chi connectivity index (χ0) is 22.1. The van der Waals surface area contributed by atoms with E-state index in [9.17, 15) is 19.7 Å². The number of ether oxygens (including phenoxy) is 2. The number of benzene rings is 2. The second kappa shape index (κ2) is 7.86. The van der Waals surface area contributed by atoms with Crippen molar-refractivity contribution in [3.8, 4) is 5.75 Å². The van der Waals surface area contributed by atoms with Crippen LogP contribution in [0.25, 0.3) is 16.7 Å². The van der Waals surface area contributed by atoms with Crippen molar-refractivity contribution in [1.82, 2.24) is 19.2 Å². The summed E-state index contributed by atoms with van der Waals surface area (Å²) < 4.78 is 13.5. The van der Waals surface area contributed by atoms with Crippen LogP contribution >= 0.6 is 0 Å². The Balaban J connectivity index is 1.66. The number of nitrogens with zero attached hydrogens (tertiary/aromatic N) is 5. The number of aryl methyl sites for hydroxylation is 1. The smallest absolute Gasteiger partial charge is 0.338 e. The minimum atomic E-state index is -0.767. The molecule has 4 aromatic rings. The van der Waals surface area contributed by atoms with E-state index in [-0.39, 0.29) is 35.8 Å². The summed E-state index contributed by atoms with van der Waals surface area (Å²) in [4.78, 5) is 35.6. The summed E-state index contributed by atoms with van der Waals surface area (Å²) in [5, 5.41) is 19.8. The number of hydrogen-bond donors (Lipinski definition) is 0. The number of nitro groups is 1. The number of hydrogen-bond acceptors (Lipinski definition) is 8. The molecule has 0 amide bonds. The molecule has 11 nitrogen and oxygen atoms in total. The van der Waals surface area contributed by atoms with E-state index in [1.165, 1.54) is 16.7 Å². The van der Waals surface area contributed by atoms with Gasteiger partial charge in [-0.15, -0.1) is 10.2 Å². The van der Waals surface area contributed by atoms with Crippen LogP contribution in [0.1, 0.15) is 23.1 Å². The van der Waals surface area contributed by atoms with Crippen LogP contribution in [0, 0.1) is 10.1 Å². The van der Waals surface area contributed by atoms with Crippen molar-refractivity contribution in [2.24, 2.45) is 7.05 Å². The van der Waals surface area contributed by atoms with Crippen molar-refractivity contribution in [2.45, 2.75) is 13.5 Å². The highest BCUT2D eigenvalue weighted by Crippen LogP contribution is 2.28. The molecule has 0 bridgehead atoms. The molecule has 2 aromatic heterocycles. The van der Waals surface area contributed by atoms with E-state index in [0.717, 1.165) is 6.07 Å². The van der Waals surface area contributed by atoms with Crippen LogP contribution in [0.15, 0.2) is 47.3 Å². The number of carbonyl (C=O) groups excluding carboxylic acids is 1. The predicted molar refractivity (Wildman–Crippen MR) is 109 cm³/mol. The Kier molecular flexibility index (Phi) is 5.07. The Bertz CT molecular complexity index is 1390. The zero-order valence-electron chi connectivity index (χ0n) is 16.6. The maximum Gasteiger partial charge on any atom is 0.338 e. The van der Waals surface area contributed by atoms with Gasteiger partial charge in [-0.25, -0.2) is 4.79 Å². The molecule has 0 saturated heterocycles. The average molecular weight is 423 g/mol. The Labute approximate surface area is 174 Å². The van der Waals surface area contributed by atoms with Gasteiger partial charge in [0.2, 0.25) is 5.78 Å². The maximum atomic E-state index is 12.5. The molecule has 0 aliphatic rings. The quantitative estimate of drug-likeness (QED) is 0.262. The highest BCUT2D eigenvalue weighted by molar-refractivity contribution is 5.90. The summed E-state index contributed by atoms with van der Waals surface area (Å²) in [7, 11) is 1.58. The Morgan fingerprint density at radius 3 is 2.71 bits per heavy atom. The Morgan fingerprint density at radius 2 is 1.97 bits per heavy atom. The predicted octanol–water partition coefficient (Wildman–Crippen LogP) is 2.25. The molecule has 0 saturated carbocycles. The van der Waals surface area contributed by atoms with Crippen molar-refractivity contribution in [1.29, 1.82) is 0 Å². The maximum absolute atomic E-state index is 12.5. The van der Waals surface area contributed by atoms with E-state index >= 15 is 0 Å². The molecule has 0 aliphatic heterocycles. The lowest BCUT2D eigenvalue weighted by Crippen LogP contribution is -2.20. The number of esters is 1. The fourth-order valence-electron chi connectivity index (χ4n) is 3.26. The van der Waals surface area contributed by atoms with Gasteiger partial charge in [0.1, 0.15) is 0 Å². The summed E-state index contributed by atoms with van der Waals surface area (Å²) in [6.07, 6.45) is 0. The van der Waals surface area contributed by atoms with Gasteiger partial charge in [0.25, 0.3) is 5.56 Å². The highest BCUT2D eigenvalue weighted by atomic mass is 16.6. The normalized spacial score (nSPS) is 11.0. The number of fused-ring (bicyclic) bond motifs is 3. The minimum absolute atomic E-state index is 0.00114. The van der Waals surface area contributed by atoms with Gasteiger partial charge < -0.3 is 9.47 Å². The van der Waals surface area contributed by atoms with Crippen molar-refractivity contribution in [3.05, 3.63) is 74.3 Å². The number of rotatable bonds is 6. The van der Waals surface area contributed by atoms with E-state index in [0.29, 0.717) is 22.5 Å². The first-order chi connectivity index (χ1) is 14.9. The minimum Gasteiger partial charge on any atom is -0.487 e. The number of aromatic nitrogens is 4. The molecule has 2 heterocycles. The molecule has 0 unspecified atom stereocenters. The van der Waals surface area contributed by atoms with E-state index in [1.807, 2.05) is 0 Å². The fraction of sp³-hybridized carbons (Fsp3) is 0.200. The fourth-order valence-corrected chi connectivity index (χ4v) is 3.26. The summed E-state index contributed by atoms with van der Waals surface area (Å²) in [6, 6.07) is 10.8. The first-order valence-corrected chi connectivity index (χ1v) is 9.32. The molecule has 11 heteroatoms. The molecular formula is C20H17N5O6. The highest BCUT2D eigenvalue weighted by Gasteiger charge is 2.21. The van der Waals surface area contributed by atoms with E-state index < -0.39 is 10.9 Å². The molecule has 2 aromatic carbocycles. The van der Waals surface area contributed by atoms with Gasteiger partial charge in [-0.3, -0.25) is 23.9 Å². The molecule has 0 fully saturated rings. The first-order valence-electron chi connectivity index (χ1n) is 9.32. The first kappa shape index (κ1) is 20.0. The topological polar surface area (TPSA) is 131 Å². The molecule has 4 rings (SSSR count). The molecule has 31 heavy (non-hydrogen) atoms. The second-order valence-corrected chi connectivity index (χ2v) is 6.58. The van der Waals surface area contributed by atoms with E-state index in [1.54, 1.807) is 42.6 Å². The van der Waals surface area contributed by atoms with Crippen LogP contribution in [-0.2, 0) is 18.4 Å². The molecule has 0 aliphatic carbocycles. The monoisotopic (exact) mass is 423 g/mol. The summed E-state index contributed by atoms with van der Waals surface area (Å²) >= 11 is 0. The number of nitro benzene ring substituents is 1. The van der Waals surface area contributed by atoms with E-state index in [2.05, 4.69) is 10.2 Å². The molecule has 158 valence electrons. The van der Waals surface area contributed by atoms with Gasteiger partial charge >= 0.3 is 11.7 Å². The molecule has 0 atom stereocenters. The number of para-hydroxylation sites is 1. The van der Waals surface area contributed by atoms with Crippen LogP contribution in [0.4, 0.5) is 5.69 Å². The van der Waals surface area contributed by atoms with Crippen LogP contribution in [0.2, 0.25) is 0 Å². The average Bonchev–Trinajstić information content (AvgIpc) is 3.20. The van der Waals surface area contributed by atoms with Gasteiger partial charge in [-0.2, -0.15) is 0 Å². The number of carbonyl (C=O) groups is 1. The van der Waals surface area contributed by atoms with Crippen LogP contribution in [0.5, 0.6) is 5.75 Å². The largest absolute Gasteiger partial charge is 0.487 e. The third-order valence-corrected chi connectivity index (χ3v) is 4.72.